The number of aliphatic hydroxyl groups is 1. The van der Waals surface area contributed by atoms with Crippen molar-refractivity contribution in [3.8, 4) is 0 Å². The molecule has 0 aliphatic rings. The number of halogens is 3. The molecule has 2 rings (SSSR count). The molecule has 1 N–H and O–H groups in total. The van der Waals surface area contributed by atoms with E-state index in [9.17, 15) is 23.1 Å². The lowest BCUT2D eigenvalue weighted by atomic mass is 9.92. The molecule has 0 amide bonds. The molecule has 0 aromatic heterocycles. The predicted molar refractivity (Wildman–Crippen MR) is 91.2 cm³/mol. The lowest BCUT2D eigenvalue weighted by Crippen LogP contribution is -2.17. The Labute approximate surface area is 150 Å². The Hall–Kier alpha value is -2.34. The van der Waals surface area contributed by atoms with Crippen LogP contribution in [0.4, 0.5) is 13.2 Å². The molecule has 0 heterocycles. The maximum atomic E-state index is 12.9. The molecule has 0 saturated carbocycles. The van der Waals surface area contributed by atoms with Gasteiger partial charge >= 0.3 is 12.1 Å². The summed E-state index contributed by atoms with van der Waals surface area (Å²) in [7, 11) is 0. The van der Waals surface area contributed by atoms with Gasteiger partial charge in [0.25, 0.3) is 0 Å². The number of carbonyl (C=O) groups is 1. The number of carbonyl (C=O) groups excluding carboxylic acids is 1. The fraction of sp³-hybridized carbons (Fsp3) is 0.350. The third kappa shape index (κ3) is 5.59. The van der Waals surface area contributed by atoms with Crippen molar-refractivity contribution in [1.82, 2.24) is 0 Å². The van der Waals surface area contributed by atoms with Gasteiger partial charge in [-0.1, -0.05) is 48.9 Å². The zero-order chi connectivity index (χ0) is 19.3. The first kappa shape index (κ1) is 20.0. The van der Waals surface area contributed by atoms with Crippen molar-refractivity contribution in [3.63, 3.8) is 0 Å². The van der Waals surface area contributed by atoms with Crippen LogP contribution in [0.5, 0.6) is 0 Å². The standard InChI is InChI=1S/C20H21F3O3/c1-13-8-16(11-17(9-13)20(21,22)23)19(25)14(2)10-18(24)26-12-15-6-4-3-5-7-15/h3-9,11,14,19,25H,10,12H2,1-2H3/t14-,19?/m0/s1. The first-order valence-electron chi connectivity index (χ1n) is 8.23. The van der Waals surface area contributed by atoms with E-state index in [1.54, 1.807) is 6.92 Å². The van der Waals surface area contributed by atoms with E-state index in [1.165, 1.54) is 13.0 Å². The van der Waals surface area contributed by atoms with Crippen molar-refractivity contribution in [3.05, 3.63) is 70.8 Å². The van der Waals surface area contributed by atoms with Crippen LogP contribution >= 0.6 is 0 Å². The van der Waals surface area contributed by atoms with E-state index in [1.807, 2.05) is 30.3 Å². The number of rotatable bonds is 6. The smallest absolute Gasteiger partial charge is 0.416 e. The molecule has 1 unspecified atom stereocenters. The first-order valence-corrected chi connectivity index (χ1v) is 8.23. The van der Waals surface area contributed by atoms with Crippen LogP contribution in [0.25, 0.3) is 0 Å². The van der Waals surface area contributed by atoms with Gasteiger partial charge in [-0.25, -0.2) is 0 Å². The van der Waals surface area contributed by atoms with Gasteiger partial charge in [-0.2, -0.15) is 13.2 Å². The maximum absolute atomic E-state index is 12.9. The van der Waals surface area contributed by atoms with Gasteiger partial charge in [0, 0.05) is 0 Å². The van der Waals surface area contributed by atoms with E-state index >= 15 is 0 Å². The second kappa shape index (κ2) is 8.36. The molecule has 0 aliphatic heterocycles. The number of ether oxygens (including phenoxy) is 1. The van der Waals surface area contributed by atoms with E-state index in [2.05, 4.69) is 0 Å². The fourth-order valence-electron chi connectivity index (χ4n) is 2.65. The van der Waals surface area contributed by atoms with E-state index in [-0.39, 0.29) is 18.6 Å². The Kier molecular flexibility index (Phi) is 6.42. The van der Waals surface area contributed by atoms with Gasteiger partial charge in [-0.3, -0.25) is 4.79 Å². The van der Waals surface area contributed by atoms with E-state index in [0.717, 1.165) is 17.7 Å². The molecule has 0 saturated heterocycles. The van der Waals surface area contributed by atoms with Gasteiger partial charge in [0.15, 0.2) is 0 Å². The van der Waals surface area contributed by atoms with Gasteiger partial charge < -0.3 is 9.84 Å². The van der Waals surface area contributed by atoms with Crippen molar-refractivity contribution < 1.29 is 27.8 Å². The van der Waals surface area contributed by atoms with Gasteiger partial charge in [0.2, 0.25) is 0 Å². The molecule has 0 spiro atoms. The zero-order valence-corrected chi connectivity index (χ0v) is 14.6. The third-order valence-corrected chi connectivity index (χ3v) is 4.04. The van der Waals surface area contributed by atoms with Crippen LogP contribution in [-0.2, 0) is 22.3 Å². The summed E-state index contributed by atoms with van der Waals surface area (Å²) in [6, 6.07) is 12.6. The molecular formula is C20H21F3O3. The Morgan fingerprint density at radius 1 is 1.15 bits per heavy atom. The molecule has 0 radical (unpaired) electrons. The molecule has 2 aromatic rings. The lowest BCUT2D eigenvalue weighted by molar-refractivity contribution is -0.147. The van der Waals surface area contributed by atoms with Crippen LogP contribution in [0.3, 0.4) is 0 Å². The summed E-state index contributed by atoms with van der Waals surface area (Å²) in [5, 5.41) is 10.4. The minimum atomic E-state index is -4.49. The van der Waals surface area contributed by atoms with Gasteiger partial charge in [-0.05, 0) is 36.1 Å². The molecule has 2 atom stereocenters. The number of esters is 1. The number of aliphatic hydroxyl groups excluding tert-OH is 1. The monoisotopic (exact) mass is 366 g/mol. The Balaban J connectivity index is 1.99. The van der Waals surface area contributed by atoms with Crippen LogP contribution < -0.4 is 0 Å². The minimum absolute atomic E-state index is 0.0940. The summed E-state index contributed by atoms with van der Waals surface area (Å²) < 4.78 is 43.9. The Morgan fingerprint density at radius 2 is 1.81 bits per heavy atom. The summed E-state index contributed by atoms with van der Waals surface area (Å²) in [6.07, 6.45) is -5.78. The van der Waals surface area contributed by atoms with Crippen LogP contribution in [-0.4, -0.2) is 11.1 Å². The average molecular weight is 366 g/mol. The Morgan fingerprint density at radius 3 is 2.42 bits per heavy atom. The number of hydrogen-bond donors (Lipinski definition) is 1. The molecule has 140 valence electrons. The third-order valence-electron chi connectivity index (χ3n) is 4.04. The zero-order valence-electron chi connectivity index (χ0n) is 14.6. The summed E-state index contributed by atoms with van der Waals surface area (Å²) in [5.41, 5.74) is 0.557. The molecule has 6 heteroatoms. The molecule has 0 fully saturated rings. The SMILES string of the molecule is Cc1cc(C(O)[C@@H](C)CC(=O)OCc2ccccc2)cc(C(F)(F)F)c1. The van der Waals surface area contributed by atoms with Crippen LogP contribution in [0, 0.1) is 12.8 Å². The highest BCUT2D eigenvalue weighted by molar-refractivity contribution is 5.69. The van der Waals surface area contributed by atoms with Crippen molar-refractivity contribution in [2.24, 2.45) is 5.92 Å². The van der Waals surface area contributed by atoms with E-state index in [4.69, 9.17) is 4.74 Å². The summed E-state index contributed by atoms with van der Waals surface area (Å²) in [6.45, 7) is 3.25. The number of hydrogen-bond acceptors (Lipinski definition) is 3. The van der Waals surface area contributed by atoms with E-state index < -0.39 is 29.7 Å². The lowest BCUT2D eigenvalue weighted by Gasteiger charge is -2.20. The van der Waals surface area contributed by atoms with Crippen molar-refractivity contribution >= 4 is 5.97 Å². The second-order valence-corrected chi connectivity index (χ2v) is 6.40. The van der Waals surface area contributed by atoms with Crippen molar-refractivity contribution in [2.45, 2.75) is 39.2 Å². The largest absolute Gasteiger partial charge is 0.461 e. The minimum Gasteiger partial charge on any atom is -0.461 e. The maximum Gasteiger partial charge on any atom is 0.416 e. The molecule has 0 bridgehead atoms. The van der Waals surface area contributed by atoms with Crippen LogP contribution in [0.15, 0.2) is 48.5 Å². The number of aryl methyl sites for hydroxylation is 1. The normalized spacial score (nSPS) is 13.9. The average Bonchev–Trinajstić information content (AvgIpc) is 2.59. The van der Waals surface area contributed by atoms with E-state index in [0.29, 0.717) is 5.56 Å². The summed E-state index contributed by atoms with van der Waals surface area (Å²) in [4.78, 5) is 11.9. The van der Waals surface area contributed by atoms with Crippen molar-refractivity contribution in [2.75, 3.05) is 0 Å². The predicted octanol–water partition coefficient (Wildman–Crippen LogP) is 4.82. The highest BCUT2D eigenvalue weighted by atomic mass is 19.4. The summed E-state index contributed by atoms with van der Waals surface area (Å²) in [5.74, 6) is -1.09. The molecule has 0 aliphatic carbocycles. The second-order valence-electron chi connectivity index (χ2n) is 6.40. The first-order chi connectivity index (χ1) is 12.2. The van der Waals surface area contributed by atoms with Gasteiger partial charge in [-0.15, -0.1) is 0 Å². The van der Waals surface area contributed by atoms with Crippen LogP contribution in [0.1, 0.15) is 41.7 Å². The highest BCUT2D eigenvalue weighted by Crippen LogP contribution is 2.34. The number of benzene rings is 2. The molecule has 3 nitrogen and oxygen atoms in total. The Bertz CT molecular complexity index is 742. The number of alkyl halides is 3. The topological polar surface area (TPSA) is 46.5 Å². The van der Waals surface area contributed by atoms with Gasteiger partial charge in [0.05, 0.1) is 18.1 Å². The van der Waals surface area contributed by atoms with Crippen LogP contribution in [0.2, 0.25) is 0 Å². The summed E-state index contributed by atoms with van der Waals surface area (Å²) >= 11 is 0. The highest BCUT2D eigenvalue weighted by Gasteiger charge is 2.32. The molecule has 26 heavy (non-hydrogen) atoms. The molecular weight excluding hydrogens is 345 g/mol. The fourth-order valence-corrected chi connectivity index (χ4v) is 2.65. The molecule has 2 aromatic carbocycles. The quantitative estimate of drug-likeness (QED) is 0.746. The van der Waals surface area contributed by atoms with Gasteiger partial charge in [0.1, 0.15) is 6.61 Å². The van der Waals surface area contributed by atoms with Crippen molar-refractivity contribution in [1.29, 1.82) is 0 Å².